The van der Waals surface area contributed by atoms with Crippen molar-refractivity contribution >= 4 is 11.8 Å². The number of carbonyl (C=O) groups is 2. The van der Waals surface area contributed by atoms with E-state index >= 15 is 0 Å². The van der Waals surface area contributed by atoms with Crippen molar-refractivity contribution < 1.29 is 19.1 Å². The van der Waals surface area contributed by atoms with Gasteiger partial charge in [-0.1, -0.05) is 39.0 Å². The molecule has 1 fully saturated rings. The first-order valence-corrected chi connectivity index (χ1v) is 11.4. The molecule has 1 aliphatic heterocycles. The van der Waals surface area contributed by atoms with Gasteiger partial charge < -0.3 is 14.8 Å². The Labute approximate surface area is 184 Å². The molecule has 2 atom stereocenters. The first-order chi connectivity index (χ1) is 14.8. The zero-order valence-electron chi connectivity index (χ0n) is 18.8. The van der Waals surface area contributed by atoms with Crippen LogP contribution in [-0.2, 0) is 14.3 Å². The second kappa shape index (κ2) is 8.52. The number of ketones is 1. The maximum Gasteiger partial charge on any atom is 0.316 e. The number of hydrogen-bond donors (Lipinski definition) is 1. The van der Waals surface area contributed by atoms with E-state index in [0.29, 0.717) is 23.4 Å². The highest BCUT2D eigenvalue weighted by atomic mass is 16.5. The van der Waals surface area contributed by atoms with Crippen molar-refractivity contribution in [2.75, 3.05) is 7.11 Å². The number of Topliss-reactive ketones (excluding diaryl/α,β-unsaturated/α-hetero) is 1. The van der Waals surface area contributed by atoms with Crippen LogP contribution in [0, 0.1) is 11.3 Å². The van der Waals surface area contributed by atoms with Gasteiger partial charge in [0.1, 0.15) is 17.8 Å². The Balaban J connectivity index is 1.76. The lowest BCUT2D eigenvalue weighted by Gasteiger charge is -2.42. The number of hydrogen-bond acceptors (Lipinski definition) is 5. The minimum Gasteiger partial charge on any atom is -0.497 e. The highest BCUT2D eigenvalue weighted by molar-refractivity contribution is 6.00. The fourth-order valence-electron chi connectivity index (χ4n) is 5.34. The Hall–Kier alpha value is -2.56. The van der Waals surface area contributed by atoms with Crippen LogP contribution < -0.4 is 10.1 Å². The normalized spacial score (nSPS) is 26.2. The average Bonchev–Trinajstić information content (AvgIpc) is 2.72. The largest absolute Gasteiger partial charge is 0.497 e. The van der Waals surface area contributed by atoms with Crippen LogP contribution in [0.25, 0.3) is 0 Å². The summed E-state index contributed by atoms with van der Waals surface area (Å²) in [5.74, 6) is -0.556. The molecule has 2 unspecified atom stereocenters. The van der Waals surface area contributed by atoms with Crippen molar-refractivity contribution in [1.82, 2.24) is 5.32 Å². The van der Waals surface area contributed by atoms with Gasteiger partial charge in [-0.25, -0.2) is 0 Å². The summed E-state index contributed by atoms with van der Waals surface area (Å²) >= 11 is 0. The molecular formula is C26H33NO4. The molecule has 31 heavy (non-hydrogen) atoms. The van der Waals surface area contributed by atoms with Gasteiger partial charge >= 0.3 is 5.97 Å². The van der Waals surface area contributed by atoms with Crippen molar-refractivity contribution in [3.05, 3.63) is 53.4 Å². The fourth-order valence-corrected chi connectivity index (χ4v) is 5.34. The molecule has 166 valence electrons. The zero-order chi connectivity index (χ0) is 22.2. The minimum atomic E-state index is -0.641. The summed E-state index contributed by atoms with van der Waals surface area (Å²) in [6, 6.07) is 7.65. The lowest BCUT2D eigenvalue weighted by atomic mass is 9.66. The number of rotatable bonds is 4. The van der Waals surface area contributed by atoms with Crippen molar-refractivity contribution in [2.24, 2.45) is 11.3 Å². The molecule has 1 aromatic rings. The number of methoxy groups -OCH3 is 1. The summed E-state index contributed by atoms with van der Waals surface area (Å²) in [5.41, 5.74) is 2.95. The predicted molar refractivity (Wildman–Crippen MR) is 120 cm³/mol. The van der Waals surface area contributed by atoms with Gasteiger partial charge in [0.2, 0.25) is 0 Å². The Kier molecular flexibility index (Phi) is 5.96. The SMILES string of the molecule is C=C1NC2=C(C(=O)CC(C)(C)C2)C(c2cccc(OC)c2)C1C(=O)OC1CCCCC1. The van der Waals surface area contributed by atoms with E-state index in [4.69, 9.17) is 9.47 Å². The monoisotopic (exact) mass is 423 g/mol. The lowest BCUT2D eigenvalue weighted by molar-refractivity contribution is -0.155. The number of esters is 1. The van der Waals surface area contributed by atoms with Gasteiger partial charge in [0.25, 0.3) is 0 Å². The van der Waals surface area contributed by atoms with Crippen LogP contribution in [-0.4, -0.2) is 25.0 Å². The molecule has 5 nitrogen and oxygen atoms in total. The van der Waals surface area contributed by atoms with E-state index in [1.54, 1.807) is 7.11 Å². The maximum absolute atomic E-state index is 13.4. The summed E-state index contributed by atoms with van der Waals surface area (Å²) in [7, 11) is 1.62. The highest BCUT2D eigenvalue weighted by Gasteiger charge is 2.47. The third-order valence-electron chi connectivity index (χ3n) is 6.79. The molecule has 5 heteroatoms. The van der Waals surface area contributed by atoms with Crippen molar-refractivity contribution in [3.63, 3.8) is 0 Å². The van der Waals surface area contributed by atoms with Gasteiger partial charge in [-0.3, -0.25) is 9.59 Å². The van der Waals surface area contributed by atoms with E-state index in [0.717, 1.165) is 43.4 Å². The van der Waals surface area contributed by atoms with Crippen LogP contribution in [0.2, 0.25) is 0 Å². The first kappa shape index (κ1) is 21.7. The van der Waals surface area contributed by atoms with Crippen molar-refractivity contribution in [2.45, 2.75) is 70.8 Å². The molecule has 0 amide bonds. The quantitative estimate of drug-likeness (QED) is 0.688. The van der Waals surface area contributed by atoms with E-state index < -0.39 is 11.8 Å². The predicted octanol–water partition coefficient (Wildman–Crippen LogP) is 5.03. The van der Waals surface area contributed by atoms with Crippen LogP contribution in [0.4, 0.5) is 0 Å². The molecule has 0 radical (unpaired) electrons. The van der Waals surface area contributed by atoms with Gasteiger partial charge in [0, 0.05) is 29.3 Å². The standard InChI is InChI=1S/C26H33NO4/c1-16-22(25(29)31-18-10-6-5-7-11-18)23(17-9-8-12-19(13-17)30-4)24-20(27-16)14-26(2,3)15-21(24)28/h8-9,12-13,18,22-23,27H,1,5-7,10-11,14-15H2,2-4H3. The summed E-state index contributed by atoms with van der Waals surface area (Å²) in [5, 5.41) is 3.33. The summed E-state index contributed by atoms with van der Waals surface area (Å²) in [4.78, 5) is 26.8. The second-order valence-corrected chi connectivity index (χ2v) is 9.91. The van der Waals surface area contributed by atoms with Crippen molar-refractivity contribution in [3.8, 4) is 5.75 Å². The van der Waals surface area contributed by atoms with E-state index in [1.165, 1.54) is 6.42 Å². The third-order valence-corrected chi connectivity index (χ3v) is 6.79. The van der Waals surface area contributed by atoms with Crippen LogP contribution in [0.15, 0.2) is 47.8 Å². The molecule has 1 aromatic carbocycles. The van der Waals surface area contributed by atoms with Gasteiger partial charge in [-0.2, -0.15) is 0 Å². The van der Waals surface area contributed by atoms with E-state index in [9.17, 15) is 9.59 Å². The molecule has 2 aliphatic carbocycles. The van der Waals surface area contributed by atoms with Gasteiger partial charge in [0.05, 0.1) is 7.11 Å². The smallest absolute Gasteiger partial charge is 0.316 e. The maximum atomic E-state index is 13.4. The molecule has 1 heterocycles. The van der Waals surface area contributed by atoms with E-state index in [1.807, 2.05) is 24.3 Å². The van der Waals surface area contributed by atoms with Gasteiger partial charge in [-0.05, 0) is 55.2 Å². The molecule has 1 N–H and O–H groups in total. The topological polar surface area (TPSA) is 64.6 Å². The number of allylic oxidation sites excluding steroid dienone is 2. The second-order valence-electron chi connectivity index (χ2n) is 9.91. The number of benzene rings is 1. The summed E-state index contributed by atoms with van der Waals surface area (Å²) in [6.07, 6.45) is 6.35. The molecule has 0 bridgehead atoms. The Bertz CT molecular complexity index is 923. The van der Waals surface area contributed by atoms with Crippen LogP contribution in [0.1, 0.15) is 70.3 Å². The number of nitrogens with one attached hydrogen (secondary N) is 1. The molecule has 4 rings (SSSR count). The first-order valence-electron chi connectivity index (χ1n) is 11.4. The van der Waals surface area contributed by atoms with Crippen molar-refractivity contribution in [1.29, 1.82) is 0 Å². The fraction of sp³-hybridized carbons (Fsp3) is 0.538. The zero-order valence-corrected chi connectivity index (χ0v) is 18.8. The number of ether oxygens (including phenoxy) is 2. The average molecular weight is 424 g/mol. The molecular weight excluding hydrogens is 390 g/mol. The number of carbonyl (C=O) groups excluding carboxylic acids is 2. The highest BCUT2D eigenvalue weighted by Crippen LogP contribution is 2.48. The summed E-state index contributed by atoms with van der Waals surface area (Å²) in [6.45, 7) is 8.40. The molecule has 0 spiro atoms. The molecule has 3 aliphatic rings. The van der Waals surface area contributed by atoms with Gasteiger partial charge in [-0.15, -0.1) is 0 Å². The Morgan fingerprint density at radius 2 is 1.90 bits per heavy atom. The molecule has 0 aromatic heterocycles. The van der Waals surface area contributed by atoms with Crippen LogP contribution >= 0.6 is 0 Å². The lowest BCUT2D eigenvalue weighted by Crippen LogP contribution is -2.44. The van der Waals surface area contributed by atoms with E-state index in [2.05, 4.69) is 25.7 Å². The van der Waals surface area contributed by atoms with E-state index in [-0.39, 0.29) is 23.3 Å². The molecule has 1 saturated carbocycles. The Morgan fingerprint density at radius 1 is 1.16 bits per heavy atom. The van der Waals surface area contributed by atoms with Crippen LogP contribution in [0.3, 0.4) is 0 Å². The van der Waals surface area contributed by atoms with Crippen LogP contribution in [0.5, 0.6) is 5.75 Å². The molecule has 0 saturated heterocycles. The van der Waals surface area contributed by atoms with Gasteiger partial charge in [0.15, 0.2) is 5.78 Å². The third kappa shape index (κ3) is 4.41. The minimum absolute atomic E-state index is 0.0450. The summed E-state index contributed by atoms with van der Waals surface area (Å²) < 4.78 is 11.4. The Morgan fingerprint density at radius 3 is 2.61 bits per heavy atom.